The summed E-state index contributed by atoms with van der Waals surface area (Å²) in [5.74, 6) is 0.105. The van der Waals surface area contributed by atoms with Crippen LogP contribution in [0.15, 0.2) is 28.7 Å². The first-order chi connectivity index (χ1) is 10.6. The molecule has 0 spiro atoms. The van der Waals surface area contributed by atoms with E-state index in [9.17, 15) is 9.59 Å². The van der Waals surface area contributed by atoms with Crippen LogP contribution < -0.4 is 0 Å². The maximum atomic E-state index is 12.4. The van der Waals surface area contributed by atoms with E-state index in [2.05, 4.69) is 15.9 Å². The highest BCUT2D eigenvalue weighted by Gasteiger charge is 2.22. The van der Waals surface area contributed by atoms with Gasteiger partial charge in [-0.3, -0.25) is 4.79 Å². The number of carbonyl (C=O) groups excluding carboxylic acids is 2. The van der Waals surface area contributed by atoms with E-state index in [0.29, 0.717) is 39.2 Å². The zero-order valence-electron chi connectivity index (χ0n) is 12.8. The molecule has 22 heavy (non-hydrogen) atoms. The third-order valence-corrected chi connectivity index (χ3v) is 4.17. The molecule has 1 aromatic carbocycles. The second-order valence-corrected chi connectivity index (χ2v) is 6.14. The molecule has 6 heteroatoms. The van der Waals surface area contributed by atoms with Crippen molar-refractivity contribution in [3.05, 3.63) is 34.3 Å². The van der Waals surface area contributed by atoms with Gasteiger partial charge in [0.15, 0.2) is 0 Å². The van der Waals surface area contributed by atoms with Crippen molar-refractivity contribution in [2.24, 2.45) is 0 Å². The average Bonchev–Trinajstić information content (AvgIpc) is 2.76. The van der Waals surface area contributed by atoms with Gasteiger partial charge >= 0.3 is 6.09 Å². The Kier molecular flexibility index (Phi) is 6.24. The Morgan fingerprint density at radius 1 is 1.09 bits per heavy atom. The predicted octanol–water partition coefficient (Wildman–Crippen LogP) is 2.68. The Labute approximate surface area is 139 Å². The third kappa shape index (κ3) is 4.73. The van der Waals surface area contributed by atoms with Crippen molar-refractivity contribution in [1.82, 2.24) is 9.80 Å². The molecule has 120 valence electrons. The van der Waals surface area contributed by atoms with Crippen LogP contribution in [-0.2, 0) is 16.0 Å². The van der Waals surface area contributed by atoms with Crippen LogP contribution in [0.25, 0.3) is 0 Å². The summed E-state index contributed by atoms with van der Waals surface area (Å²) in [5.41, 5.74) is 1.000. The van der Waals surface area contributed by atoms with Crippen LogP contribution in [0, 0.1) is 0 Å². The third-order valence-electron chi connectivity index (χ3n) is 3.64. The minimum absolute atomic E-state index is 0.105. The number of carbonyl (C=O) groups is 2. The van der Waals surface area contributed by atoms with Crippen molar-refractivity contribution in [3.8, 4) is 0 Å². The zero-order chi connectivity index (χ0) is 15.9. The van der Waals surface area contributed by atoms with Gasteiger partial charge in [-0.2, -0.15) is 0 Å². The Morgan fingerprint density at radius 2 is 1.73 bits per heavy atom. The molecule has 2 rings (SSSR count). The van der Waals surface area contributed by atoms with Crippen molar-refractivity contribution in [3.63, 3.8) is 0 Å². The van der Waals surface area contributed by atoms with E-state index in [1.165, 1.54) is 0 Å². The number of benzene rings is 1. The summed E-state index contributed by atoms with van der Waals surface area (Å²) in [6, 6.07) is 7.77. The molecular weight excluding hydrogens is 348 g/mol. The monoisotopic (exact) mass is 368 g/mol. The number of hydrogen-bond acceptors (Lipinski definition) is 3. The second-order valence-electron chi connectivity index (χ2n) is 5.22. The fourth-order valence-corrected chi connectivity index (χ4v) is 2.72. The van der Waals surface area contributed by atoms with E-state index in [0.717, 1.165) is 16.5 Å². The Hall–Kier alpha value is -1.56. The highest BCUT2D eigenvalue weighted by molar-refractivity contribution is 9.10. The lowest BCUT2D eigenvalue weighted by atomic mass is 10.1. The molecule has 0 atom stereocenters. The molecule has 1 heterocycles. The van der Waals surface area contributed by atoms with Gasteiger partial charge in [0.05, 0.1) is 13.0 Å². The molecular formula is C16H21BrN2O3. The van der Waals surface area contributed by atoms with Crippen molar-refractivity contribution >= 4 is 27.9 Å². The van der Waals surface area contributed by atoms with Gasteiger partial charge in [0, 0.05) is 30.7 Å². The van der Waals surface area contributed by atoms with Gasteiger partial charge in [-0.1, -0.05) is 28.1 Å². The van der Waals surface area contributed by atoms with E-state index in [1.54, 1.807) is 11.8 Å². The fraction of sp³-hybridized carbons (Fsp3) is 0.500. The second kappa shape index (κ2) is 8.17. The maximum Gasteiger partial charge on any atom is 0.409 e. The summed E-state index contributed by atoms with van der Waals surface area (Å²) in [5, 5.41) is 0. The fourth-order valence-electron chi connectivity index (χ4n) is 2.45. The molecule has 0 unspecified atom stereocenters. The summed E-state index contributed by atoms with van der Waals surface area (Å²) in [7, 11) is 0. The highest BCUT2D eigenvalue weighted by Crippen LogP contribution is 2.13. The van der Waals surface area contributed by atoms with Gasteiger partial charge in [-0.25, -0.2) is 4.79 Å². The van der Waals surface area contributed by atoms with E-state index in [1.807, 2.05) is 29.2 Å². The van der Waals surface area contributed by atoms with Crippen molar-refractivity contribution in [2.45, 2.75) is 19.8 Å². The van der Waals surface area contributed by atoms with E-state index < -0.39 is 0 Å². The minimum atomic E-state index is -0.287. The molecule has 0 bridgehead atoms. The molecule has 1 aliphatic heterocycles. The van der Waals surface area contributed by atoms with Gasteiger partial charge in [0.1, 0.15) is 0 Å². The molecule has 1 saturated heterocycles. The Bertz CT molecular complexity index is 519. The first-order valence-electron chi connectivity index (χ1n) is 7.54. The molecule has 0 N–H and O–H groups in total. The quantitative estimate of drug-likeness (QED) is 0.823. The van der Waals surface area contributed by atoms with Crippen LogP contribution in [0.2, 0.25) is 0 Å². The number of ether oxygens (including phenoxy) is 1. The first kappa shape index (κ1) is 16.8. The van der Waals surface area contributed by atoms with E-state index in [4.69, 9.17) is 4.74 Å². The molecule has 0 aliphatic carbocycles. The van der Waals surface area contributed by atoms with Crippen LogP contribution in [0.5, 0.6) is 0 Å². The lowest BCUT2D eigenvalue weighted by Crippen LogP contribution is -2.38. The van der Waals surface area contributed by atoms with Crippen LogP contribution >= 0.6 is 15.9 Å². The Morgan fingerprint density at radius 3 is 2.41 bits per heavy atom. The average molecular weight is 369 g/mol. The molecule has 1 aromatic rings. The standard InChI is InChI=1S/C16H21BrN2O3/c1-2-22-16(21)19-9-3-8-18(10-11-19)15(20)12-13-4-6-14(17)7-5-13/h4-7H,2-3,8-12H2,1H3. The largest absolute Gasteiger partial charge is 0.450 e. The number of nitrogens with zero attached hydrogens (tertiary/aromatic N) is 2. The molecule has 1 aliphatic rings. The Balaban J connectivity index is 1.88. The summed E-state index contributed by atoms with van der Waals surface area (Å²) in [6.07, 6.45) is 0.891. The van der Waals surface area contributed by atoms with Crippen molar-refractivity contribution < 1.29 is 14.3 Å². The SMILES string of the molecule is CCOC(=O)N1CCCN(C(=O)Cc2ccc(Br)cc2)CC1. The molecule has 0 radical (unpaired) electrons. The van der Waals surface area contributed by atoms with Crippen LogP contribution in [0.4, 0.5) is 4.79 Å². The normalized spacial score (nSPS) is 15.4. The first-order valence-corrected chi connectivity index (χ1v) is 8.33. The van der Waals surface area contributed by atoms with Gasteiger partial charge in [-0.05, 0) is 31.0 Å². The molecule has 2 amide bonds. The lowest BCUT2D eigenvalue weighted by molar-refractivity contribution is -0.130. The zero-order valence-corrected chi connectivity index (χ0v) is 14.3. The summed E-state index contributed by atoms with van der Waals surface area (Å²) in [6.45, 7) is 4.59. The minimum Gasteiger partial charge on any atom is -0.450 e. The van der Waals surface area contributed by atoms with Crippen LogP contribution in [0.1, 0.15) is 18.9 Å². The molecule has 5 nitrogen and oxygen atoms in total. The summed E-state index contributed by atoms with van der Waals surface area (Å²) in [4.78, 5) is 27.6. The topological polar surface area (TPSA) is 49.9 Å². The summed E-state index contributed by atoms with van der Waals surface area (Å²) < 4.78 is 6.02. The molecule has 0 saturated carbocycles. The van der Waals surface area contributed by atoms with Gasteiger partial charge in [0.2, 0.25) is 5.91 Å². The van der Waals surface area contributed by atoms with Crippen molar-refractivity contribution in [2.75, 3.05) is 32.8 Å². The van der Waals surface area contributed by atoms with E-state index >= 15 is 0 Å². The van der Waals surface area contributed by atoms with Gasteiger partial charge in [-0.15, -0.1) is 0 Å². The highest BCUT2D eigenvalue weighted by atomic mass is 79.9. The lowest BCUT2D eigenvalue weighted by Gasteiger charge is -2.21. The van der Waals surface area contributed by atoms with Crippen molar-refractivity contribution in [1.29, 1.82) is 0 Å². The number of hydrogen-bond donors (Lipinski definition) is 0. The van der Waals surface area contributed by atoms with Gasteiger partial charge in [0.25, 0.3) is 0 Å². The molecule has 1 fully saturated rings. The van der Waals surface area contributed by atoms with Crippen LogP contribution in [-0.4, -0.2) is 54.6 Å². The molecule has 0 aromatic heterocycles. The smallest absolute Gasteiger partial charge is 0.409 e. The number of rotatable bonds is 3. The van der Waals surface area contributed by atoms with Crippen LogP contribution in [0.3, 0.4) is 0 Å². The van der Waals surface area contributed by atoms with E-state index in [-0.39, 0.29) is 12.0 Å². The maximum absolute atomic E-state index is 12.4. The summed E-state index contributed by atoms with van der Waals surface area (Å²) >= 11 is 3.39. The number of amides is 2. The number of halogens is 1. The predicted molar refractivity (Wildman–Crippen MR) is 87.6 cm³/mol. The van der Waals surface area contributed by atoms with Gasteiger partial charge < -0.3 is 14.5 Å².